The highest BCUT2D eigenvalue weighted by Crippen LogP contribution is 2.42. The summed E-state index contributed by atoms with van der Waals surface area (Å²) >= 11 is 0. The number of nitrogens with one attached hydrogen (secondary N) is 2. The van der Waals surface area contributed by atoms with Gasteiger partial charge in [-0.15, -0.1) is 6.58 Å². The number of carbonyl (C=O) groups excluding carboxylic acids is 2. The molecule has 0 fully saturated rings. The third-order valence-electron chi connectivity index (χ3n) is 7.25. The first-order valence-corrected chi connectivity index (χ1v) is 13.8. The van der Waals surface area contributed by atoms with E-state index in [-0.39, 0.29) is 23.1 Å². The van der Waals surface area contributed by atoms with Gasteiger partial charge in [0.15, 0.2) is 6.10 Å². The van der Waals surface area contributed by atoms with Crippen LogP contribution in [0.25, 0.3) is 0 Å². The topological polar surface area (TPSA) is 173 Å². The predicted octanol–water partition coefficient (Wildman–Crippen LogP) is 4.16. The number of anilines is 2. The Labute approximate surface area is 247 Å². The second-order valence-corrected chi connectivity index (χ2v) is 10.6. The van der Waals surface area contributed by atoms with Gasteiger partial charge in [-0.05, 0) is 38.2 Å². The van der Waals surface area contributed by atoms with E-state index >= 15 is 0 Å². The first-order chi connectivity index (χ1) is 19.8. The second-order valence-electron chi connectivity index (χ2n) is 10.6. The van der Waals surface area contributed by atoms with Gasteiger partial charge < -0.3 is 45.9 Å². The lowest BCUT2D eigenvalue weighted by Crippen LogP contribution is -2.37. The first kappa shape index (κ1) is 34.4. The molecule has 0 saturated heterocycles. The summed E-state index contributed by atoms with van der Waals surface area (Å²) in [5.74, 6) is -1.41. The van der Waals surface area contributed by atoms with Gasteiger partial charge in [0.25, 0.3) is 5.91 Å². The van der Waals surface area contributed by atoms with Crippen LogP contribution in [0.3, 0.4) is 0 Å². The molecule has 42 heavy (non-hydrogen) atoms. The molecule has 1 aliphatic rings. The van der Waals surface area contributed by atoms with E-state index in [9.17, 15) is 24.9 Å². The van der Waals surface area contributed by atoms with Crippen LogP contribution in [0.2, 0.25) is 0 Å². The molecular formula is C31H45N3O8. The molecule has 0 aliphatic carbocycles. The summed E-state index contributed by atoms with van der Waals surface area (Å²) in [6, 6.07) is 1.28. The van der Waals surface area contributed by atoms with Crippen molar-refractivity contribution >= 4 is 23.4 Å². The number of primary amides is 1. The fraction of sp³-hybridized carbons (Fsp3) is 0.484. The van der Waals surface area contributed by atoms with Gasteiger partial charge in [0, 0.05) is 43.9 Å². The Balaban J connectivity index is 2.67. The predicted molar refractivity (Wildman–Crippen MR) is 162 cm³/mol. The average Bonchev–Trinajstić information content (AvgIpc) is 2.94. The summed E-state index contributed by atoms with van der Waals surface area (Å²) in [5.41, 5.74) is 7.01. The zero-order valence-corrected chi connectivity index (χ0v) is 25.2. The van der Waals surface area contributed by atoms with Crippen LogP contribution in [0.15, 0.2) is 54.2 Å². The maximum Gasteiger partial charge on any atom is 0.405 e. The van der Waals surface area contributed by atoms with Crippen molar-refractivity contribution in [1.29, 1.82) is 0 Å². The number of rotatable bonds is 6. The molecule has 1 heterocycles. The standard InChI is InChI=1S/C31H45N3O8/c1-8-12-33-26-21-13-17(2)14-25(41-7)27(36)19(4)15-20(5)29(42-31(32)39)24(40-6)11-9-10-18(3)30(38)34-22(28(21)37)16-23(26)35/h8-11,15-17,19,24-25,27,29,33,35-37H,1,12-14H2,2-7H3,(H2,32,39)(H,34,38)/b11-9-,18-10+,20-15+/t17?,19?,24?,25?,27-,29?/m1/s1. The molecule has 1 aliphatic heterocycles. The minimum absolute atomic E-state index is 0.0416. The van der Waals surface area contributed by atoms with Crippen LogP contribution in [0, 0.1) is 11.8 Å². The Morgan fingerprint density at radius 2 is 1.93 bits per heavy atom. The quantitative estimate of drug-likeness (QED) is 0.162. The van der Waals surface area contributed by atoms with E-state index < -0.39 is 42.3 Å². The number of methoxy groups -OCH3 is 2. The summed E-state index contributed by atoms with van der Waals surface area (Å²) in [7, 11) is 2.95. The zero-order chi connectivity index (χ0) is 31.6. The number of hydrogen-bond donors (Lipinski definition) is 6. The number of phenolic OH excluding ortho intramolecular Hbond substituents is 2. The van der Waals surface area contributed by atoms with Gasteiger partial charge in [-0.3, -0.25) is 4.79 Å². The average molecular weight is 588 g/mol. The maximum atomic E-state index is 13.0. The summed E-state index contributed by atoms with van der Waals surface area (Å²) in [6.45, 7) is 11.1. The molecule has 11 heteroatoms. The fourth-order valence-electron chi connectivity index (χ4n) is 4.98. The molecule has 0 aromatic heterocycles. The second kappa shape index (κ2) is 16.0. The van der Waals surface area contributed by atoms with Crippen LogP contribution >= 0.6 is 0 Å². The number of allylic oxidation sites excluding steroid dienone is 2. The molecule has 0 saturated carbocycles. The molecule has 6 atom stereocenters. The number of phenols is 2. The highest BCUT2D eigenvalue weighted by Gasteiger charge is 2.30. The summed E-state index contributed by atoms with van der Waals surface area (Å²) in [5, 5.41) is 39.1. The Morgan fingerprint density at radius 1 is 1.24 bits per heavy atom. The molecule has 232 valence electrons. The van der Waals surface area contributed by atoms with Crippen molar-refractivity contribution in [2.24, 2.45) is 17.6 Å². The van der Waals surface area contributed by atoms with Gasteiger partial charge in [-0.2, -0.15) is 0 Å². The van der Waals surface area contributed by atoms with E-state index in [1.165, 1.54) is 26.4 Å². The Morgan fingerprint density at radius 3 is 2.52 bits per heavy atom. The lowest BCUT2D eigenvalue weighted by atomic mass is 9.87. The number of fused-ring (bicyclic) bond motifs is 2. The van der Waals surface area contributed by atoms with Crippen molar-refractivity contribution < 1.29 is 39.1 Å². The van der Waals surface area contributed by atoms with Crippen molar-refractivity contribution in [3.63, 3.8) is 0 Å². The van der Waals surface area contributed by atoms with E-state index in [0.717, 1.165) is 0 Å². The number of carbonyl (C=O) groups is 2. The molecule has 5 unspecified atom stereocenters. The van der Waals surface area contributed by atoms with Crippen molar-refractivity contribution in [3.05, 3.63) is 59.7 Å². The minimum Gasteiger partial charge on any atom is -0.506 e. The van der Waals surface area contributed by atoms with E-state index in [0.29, 0.717) is 41.8 Å². The lowest BCUT2D eigenvalue weighted by Gasteiger charge is -2.29. The Bertz CT molecular complexity index is 1210. The lowest BCUT2D eigenvalue weighted by molar-refractivity contribution is -0.112. The maximum absolute atomic E-state index is 13.0. The van der Waals surface area contributed by atoms with Crippen LogP contribution in [0.4, 0.5) is 16.2 Å². The minimum atomic E-state index is -0.990. The number of ether oxygens (including phenoxy) is 3. The monoisotopic (exact) mass is 587 g/mol. The van der Waals surface area contributed by atoms with Gasteiger partial charge in [-0.25, -0.2) is 4.79 Å². The number of hydrogen-bond acceptors (Lipinski definition) is 9. The van der Waals surface area contributed by atoms with Crippen LogP contribution in [0.5, 0.6) is 11.5 Å². The Hall–Kier alpha value is -3.80. The third kappa shape index (κ3) is 9.10. The number of aliphatic hydroxyl groups is 1. The SMILES string of the molecule is C=CCNc1c(O)cc2c(O)c1CC(C)CC(OC)[C@H](O)C(C)/C=C(\C)C(OC(N)=O)C(OC)/C=C\C=C(/C)C(=O)N2. The molecular weight excluding hydrogens is 542 g/mol. The van der Waals surface area contributed by atoms with E-state index in [1.54, 1.807) is 38.2 Å². The summed E-state index contributed by atoms with van der Waals surface area (Å²) < 4.78 is 16.6. The highest BCUT2D eigenvalue weighted by atomic mass is 16.6. The number of aliphatic hydroxyl groups excluding tert-OH is 1. The number of benzene rings is 1. The molecule has 7 N–H and O–H groups in total. The largest absolute Gasteiger partial charge is 0.506 e. The molecule has 2 bridgehead atoms. The summed E-state index contributed by atoms with van der Waals surface area (Å²) in [4.78, 5) is 24.7. The van der Waals surface area contributed by atoms with E-state index in [2.05, 4.69) is 17.2 Å². The smallest absolute Gasteiger partial charge is 0.405 e. The van der Waals surface area contributed by atoms with Crippen LogP contribution in [-0.2, 0) is 25.4 Å². The van der Waals surface area contributed by atoms with E-state index in [4.69, 9.17) is 19.9 Å². The third-order valence-corrected chi connectivity index (χ3v) is 7.25. The van der Waals surface area contributed by atoms with Gasteiger partial charge in [0.2, 0.25) is 0 Å². The Kier molecular flexibility index (Phi) is 13.1. The van der Waals surface area contributed by atoms with Crippen molar-refractivity contribution in [1.82, 2.24) is 0 Å². The molecule has 2 rings (SSSR count). The van der Waals surface area contributed by atoms with Gasteiger partial charge >= 0.3 is 6.09 Å². The number of nitrogens with two attached hydrogens (primary N) is 1. The van der Waals surface area contributed by atoms with Crippen LogP contribution in [-0.4, -0.2) is 72.5 Å². The molecule has 2 amide bonds. The molecule has 1 aromatic rings. The molecule has 11 nitrogen and oxygen atoms in total. The van der Waals surface area contributed by atoms with Gasteiger partial charge in [0.1, 0.15) is 17.6 Å². The molecule has 1 aromatic carbocycles. The zero-order valence-electron chi connectivity index (χ0n) is 25.2. The number of amides is 2. The van der Waals surface area contributed by atoms with E-state index in [1.807, 2.05) is 13.8 Å². The van der Waals surface area contributed by atoms with Crippen molar-refractivity contribution in [2.75, 3.05) is 31.4 Å². The normalized spacial score (nSPS) is 29.3. The van der Waals surface area contributed by atoms with Gasteiger partial charge in [-0.1, -0.05) is 44.2 Å². The molecule has 0 radical (unpaired) electrons. The molecule has 0 spiro atoms. The summed E-state index contributed by atoms with van der Waals surface area (Å²) in [6.07, 6.45) is 4.64. The van der Waals surface area contributed by atoms with Gasteiger partial charge in [0.05, 0.1) is 23.6 Å². The van der Waals surface area contributed by atoms with Crippen LogP contribution in [0.1, 0.15) is 39.7 Å². The highest BCUT2D eigenvalue weighted by molar-refractivity contribution is 6.04. The van der Waals surface area contributed by atoms with Crippen molar-refractivity contribution in [3.8, 4) is 11.5 Å². The fourth-order valence-corrected chi connectivity index (χ4v) is 4.98. The number of aromatic hydroxyl groups is 2. The van der Waals surface area contributed by atoms with Crippen molar-refractivity contribution in [2.45, 2.75) is 65.0 Å². The van der Waals surface area contributed by atoms with Crippen LogP contribution < -0.4 is 16.4 Å². The first-order valence-electron chi connectivity index (χ1n) is 13.8.